The van der Waals surface area contributed by atoms with Crippen LogP contribution in [0.3, 0.4) is 0 Å². The van der Waals surface area contributed by atoms with E-state index < -0.39 is 11.7 Å². The lowest BCUT2D eigenvalue weighted by Gasteiger charge is -2.16. The third-order valence-corrected chi connectivity index (χ3v) is 2.95. The summed E-state index contributed by atoms with van der Waals surface area (Å²) in [5, 5.41) is 0.362. The number of pyridine rings is 2. The van der Waals surface area contributed by atoms with Crippen molar-refractivity contribution in [3.63, 3.8) is 0 Å². The minimum Gasteiger partial charge on any atom is -0.237 e. The Hall–Kier alpha value is -2.17. The van der Waals surface area contributed by atoms with E-state index in [9.17, 15) is 13.2 Å². The largest absolute Gasteiger partial charge is 0.271 e. The number of hydrogen-bond acceptors (Lipinski definition) is 2. The van der Waals surface area contributed by atoms with E-state index in [-0.39, 0.29) is 22.0 Å². The fourth-order valence-electron chi connectivity index (χ4n) is 2.22. The lowest BCUT2D eigenvalue weighted by Crippen LogP contribution is -2.10. The maximum atomic E-state index is 13.9. The van der Waals surface area contributed by atoms with Crippen LogP contribution >= 0.6 is 0 Å². The van der Waals surface area contributed by atoms with Crippen LogP contribution in [0.25, 0.3) is 21.9 Å². The molecule has 0 bridgehead atoms. The Kier molecular flexibility index (Phi) is 2.45. The first kappa shape index (κ1) is 11.9. The molecule has 1 aromatic carbocycles. The summed E-state index contributed by atoms with van der Waals surface area (Å²) in [5.74, 6) is -3.67. The first-order valence-electron chi connectivity index (χ1n) is 5.69. The van der Waals surface area contributed by atoms with Crippen LogP contribution in [0.5, 0.6) is 0 Å². The maximum absolute atomic E-state index is 13.9. The standard InChI is InChI=1S/C14H9F3N2/c1-14(16,17)12-9-3-2-6-18-13(9)19-11-5-4-8(15)7-10(11)12/h2-7H,1H3. The predicted octanol–water partition coefficient (Wildman–Crippen LogP) is 4.03. The molecular formula is C14H9F3N2. The molecule has 3 rings (SSSR count). The van der Waals surface area contributed by atoms with Gasteiger partial charge >= 0.3 is 0 Å². The highest BCUT2D eigenvalue weighted by Crippen LogP contribution is 2.37. The van der Waals surface area contributed by atoms with Crippen molar-refractivity contribution in [1.82, 2.24) is 9.97 Å². The lowest BCUT2D eigenvalue weighted by atomic mass is 10.00. The zero-order chi connectivity index (χ0) is 13.6. The number of fused-ring (bicyclic) bond motifs is 2. The molecule has 0 fully saturated rings. The molecule has 2 aromatic heterocycles. The Morgan fingerprint density at radius 2 is 1.89 bits per heavy atom. The third kappa shape index (κ3) is 1.91. The molecule has 0 aliphatic rings. The van der Waals surface area contributed by atoms with Crippen LogP contribution in [-0.2, 0) is 5.92 Å². The summed E-state index contributed by atoms with van der Waals surface area (Å²) in [5.41, 5.74) is 0.308. The molecule has 0 aliphatic carbocycles. The van der Waals surface area contributed by atoms with Gasteiger partial charge in [0.2, 0.25) is 0 Å². The minimum absolute atomic E-state index is 0.119. The van der Waals surface area contributed by atoms with Crippen molar-refractivity contribution in [2.45, 2.75) is 12.8 Å². The van der Waals surface area contributed by atoms with E-state index in [2.05, 4.69) is 9.97 Å². The molecule has 2 nitrogen and oxygen atoms in total. The third-order valence-electron chi connectivity index (χ3n) is 2.95. The Morgan fingerprint density at radius 1 is 1.11 bits per heavy atom. The van der Waals surface area contributed by atoms with Gasteiger partial charge in [0.05, 0.1) is 5.52 Å². The molecule has 2 heterocycles. The van der Waals surface area contributed by atoms with Crippen molar-refractivity contribution < 1.29 is 13.2 Å². The predicted molar refractivity (Wildman–Crippen MR) is 66.6 cm³/mol. The molecule has 0 radical (unpaired) electrons. The molecule has 0 unspecified atom stereocenters. The van der Waals surface area contributed by atoms with Gasteiger partial charge in [0.25, 0.3) is 5.92 Å². The normalized spacial score (nSPS) is 12.2. The zero-order valence-corrected chi connectivity index (χ0v) is 9.99. The molecule has 0 spiro atoms. The molecule has 0 N–H and O–H groups in total. The van der Waals surface area contributed by atoms with Gasteiger partial charge < -0.3 is 0 Å². The SMILES string of the molecule is CC(F)(F)c1c2cc(F)ccc2nc2ncccc12. The smallest absolute Gasteiger partial charge is 0.237 e. The minimum atomic E-state index is -3.10. The van der Waals surface area contributed by atoms with Crippen LogP contribution in [0.2, 0.25) is 0 Å². The van der Waals surface area contributed by atoms with E-state index in [1.165, 1.54) is 24.4 Å². The Balaban J connectivity index is 2.58. The second-order valence-electron chi connectivity index (χ2n) is 4.41. The molecule has 0 saturated heterocycles. The van der Waals surface area contributed by atoms with E-state index in [1.54, 1.807) is 6.07 Å². The first-order chi connectivity index (χ1) is 8.97. The van der Waals surface area contributed by atoms with Gasteiger partial charge in [0.15, 0.2) is 5.65 Å². The van der Waals surface area contributed by atoms with Gasteiger partial charge in [-0.3, -0.25) is 0 Å². The molecule has 19 heavy (non-hydrogen) atoms. The van der Waals surface area contributed by atoms with Gasteiger partial charge in [-0.05, 0) is 30.3 Å². The molecule has 5 heteroatoms. The topological polar surface area (TPSA) is 25.8 Å². The second kappa shape index (κ2) is 3.91. The number of nitrogens with zero attached hydrogens (tertiary/aromatic N) is 2. The number of halogens is 3. The zero-order valence-electron chi connectivity index (χ0n) is 9.99. The number of rotatable bonds is 1. The summed E-state index contributed by atoms with van der Waals surface area (Å²) in [4.78, 5) is 8.17. The van der Waals surface area contributed by atoms with Crippen molar-refractivity contribution in [2.24, 2.45) is 0 Å². The Bertz CT molecular complexity index is 779. The van der Waals surface area contributed by atoms with Crippen LogP contribution in [0.1, 0.15) is 12.5 Å². The van der Waals surface area contributed by atoms with Crippen molar-refractivity contribution >= 4 is 21.9 Å². The Labute approximate surface area is 106 Å². The van der Waals surface area contributed by atoms with Gasteiger partial charge in [-0.1, -0.05) is 0 Å². The van der Waals surface area contributed by atoms with Crippen LogP contribution in [0.15, 0.2) is 36.5 Å². The van der Waals surface area contributed by atoms with E-state index in [0.717, 1.165) is 13.0 Å². The number of aromatic nitrogens is 2. The van der Waals surface area contributed by atoms with Crippen molar-refractivity contribution in [3.8, 4) is 0 Å². The molecule has 0 saturated carbocycles. The average Bonchev–Trinajstić information content (AvgIpc) is 2.34. The first-order valence-corrected chi connectivity index (χ1v) is 5.69. The van der Waals surface area contributed by atoms with Gasteiger partial charge in [0, 0.05) is 29.5 Å². The number of hydrogen-bond donors (Lipinski definition) is 0. The van der Waals surface area contributed by atoms with Crippen LogP contribution in [-0.4, -0.2) is 9.97 Å². The van der Waals surface area contributed by atoms with Crippen molar-refractivity contribution in [3.05, 3.63) is 47.9 Å². The fourth-order valence-corrected chi connectivity index (χ4v) is 2.22. The highest BCUT2D eigenvalue weighted by Gasteiger charge is 2.30. The van der Waals surface area contributed by atoms with Crippen LogP contribution < -0.4 is 0 Å². The number of alkyl halides is 2. The lowest BCUT2D eigenvalue weighted by molar-refractivity contribution is 0.0206. The van der Waals surface area contributed by atoms with Gasteiger partial charge in [-0.25, -0.2) is 23.1 Å². The molecule has 0 atom stereocenters. The summed E-state index contributed by atoms with van der Waals surface area (Å²) < 4.78 is 41.1. The summed E-state index contributed by atoms with van der Waals surface area (Å²) in [7, 11) is 0. The quantitative estimate of drug-likeness (QED) is 0.619. The maximum Gasteiger partial charge on any atom is 0.271 e. The van der Waals surface area contributed by atoms with E-state index in [1.807, 2.05) is 0 Å². The molecule has 3 aromatic rings. The van der Waals surface area contributed by atoms with Gasteiger partial charge in [0.1, 0.15) is 5.82 Å². The molecule has 0 amide bonds. The van der Waals surface area contributed by atoms with Crippen LogP contribution in [0.4, 0.5) is 13.2 Å². The fraction of sp³-hybridized carbons (Fsp3) is 0.143. The van der Waals surface area contributed by atoms with Crippen LogP contribution in [0, 0.1) is 5.82 Å². The van der Waals surface area contributed by atoms with Gasteiger partial charge in [-0.15, -0.1) is 0 Å². The highest BCUT2D eigenvalue weighted by atomic mass is 19.3. The van der Waals surface area contributed by atoms with Gasteiger partial charge in [-0.2, -0.15) is 0 Å². The molecule has 96 valence electrons. The second-order valence-corrected chi connectivity index (χ2v) is 4.41. The van der Waals surface area contributed by atoms with Crippen molar-refractivity contribution in [2.75, 3.05) is 0 Å². The molecule has 0 aliphatic heterocycles. The average molecular weight is 262 g/mol. The summed E-state index contributed by atoms with van der Waals surface area (Å²) in [6, 6.07) is 6.74. The molecular weight excluding hydrogens is 253 g/mol. The Morgan fingerprint density at radius 3 is 2.63 bits per heavy atom. The monoisotopic (exact) mass is 262 g/mol. The van der Waals surface area contributed by atoms with E-state index in [0.29, 0.717) is 5.52 Å². The van der Waals surface area contributed by atoms with Crippen molar-refractivity contribution in [1.29, 1.82) is 0 Å². The number of benzene rings is 1. The summed E-state index contributed by atoms with van der Waals surface area (Å²) in [6.07, 6.45) is 1.49. The van der Waals surface area contributed by atoms with E-state index in [4.69, 9.17) is 0 Å². The summed E-state index contributed by atoms with van der Waals surface area (Å²) in [6.45, 7) is 0.791. The summed E-state index contributed by atoms with van der Waals surface area (Å²) >= 11 is 0. The highest BCUT2D eigenvalue weighted by molar-refractivity contribution is 5.96. The van der Waals surface area contributed by atoms with E-state index >= 15 is 0 Å².